The average Bonchev–Trinajstić information content (AvgIpc) is 3.34. The molecule has 0 spiro atoms. The number of alkyl carbamates (subject to hydrolysis) is 1. The highest BCUT2D eigenvalue weighted by Gasteiger charge is 2.43. The molecule has 7 heteroatoms. The number of nitrogens with one attached hydrogen (secondary N) is 1. The van der Waals surface area contributed by atoms with Gasteiger partial charge in [0.15, 0.2) is 0 Å². The molecule has 1 fully saturated rings. The molecule has 1 aromatic rings. The fourth-order valence-electron chi connectivity index (χ4n) is 2.28. The molecule has 0 saturated heterocycles. The zero-order chi connectivity index (χ0) is 20.4. The van der Waals surface area contributed by atoms with Gasteiger partial charge in [0.25, 0.3) is 5.78 Å². The number of hydrogen-bond donors (Lipinski definition) is 1. The normalized spacial score (nSPS) is 15.4. The van der Waals surface area contributed by atoms with Crippen molar-refractivity contribution in [2.24, 2.45) is 5.92 Å². The molecule has 0 bridgehead atoms. The van der Waals surface area contributed by atoms with E-state index in [0.29, 0.717) is 0 Å². The third kappa shape index (κ3) is 5.49. The molecule has 0 aliphatic heterocycles. The molecule has 1 aliphatic rings. The minimum absolute atomic E-state index is 0.0287. The summed E-state index contributed by atoms with van der Waals surface area (Å²) in [5.41, 5.74) is -2.00. The minimum Gasteiger partial charge on any atom is -0.444 e. The summed E-state index contributed by atoms with van der Waals surface area (Å²) in [6.07, 6.45) is 0.755. The van der Waals surface area contributed by atoms with E-state index in [9.17, 15) is 22.8 Å². The Labute approximate surface area is 156 Å². The number of amides is 1. The molecule has 2 rings (SSSR count). The Kier molecular flexibility index (Phi) is 5.88. The monoisotopic (exact) mass is 381 g/mol. The van der Waals surface area contributed by atoms with Crippen LogP contribution in [0.3, 0.4) is 0 Å². The number of halogens is 3. The lowest BCUT2D eigenvalue weighted by atomic mass is 9.98. The number of ketones is 1. The maximum atomic E-state index is 14.7. The van der Waals surface area contributed by atoms with E-state index in [1.54, 1.807) is 20.8 Å². The van der Waals surface area contributed by atoms with E-state index in [2.05, 4.69) is 11.2 Å². The van der Waals surface area contributed by atoms with E-state index < -0.39 is 40.8 Å². The van der Waals surface area contributed by atoms with Crippen molar-refractivity contribution in [2.75, 3.05) is 0 Å². The maximum absolute atomic E-state index is 14.7. The van der Waals surface area contributed by atoms with Crippen molar-refractivity contribution >= 4 is 11.9 Å². The smallest absolute Gasteiger partial charge is 0.408 e. The van der Waals surface area contributed by atoms with E-state index in [-0.39, 0.29) is 11.5 Å². The number of Topliss-reactive ketones (excluding diaryl/α,β-unsaturated/α-hetero) is 1. The topological polar surface area (TPSA) is 55.4 Å². The molecule has 1 saturated carbocycles. The summed E-state index contributed by atoms with van der Waals surface area (Å²) in [5, 5.41) is 2.39. The number of carbonyl (C=O) groups is 2. The van der Waals surface area contributed by atoms with Gasteiger partial charge in [0.1, 0.15) is 11.4 Å². The predicted molar refractivity (Wildman–Crippen MR) is 93.6 cm³/mol. The second-order valence-electron chi connectivity index (χ2n) is 7.52. The van der Waals surface area contributed by atoms with Gasteiger partial charge in [-0.1, -0.05) is 18.1 Å². The zero-order valence-electron chi connectivity index (χ0n) is 15.7. The third-order valence-corrected chi connectivity index (χ3v) is 3.82. The van der Waals surface area contributed by atoms with Crippen molar-refractivity contribution in [2.45, 2.75) is 58.1 Å². The van der Waals surface area contributed by atoms with Crippen LogP contribution in [0.1, 0.15) is 57.7 Å². The van der Waals surface area contributed by atoms with E-state index >= 15 is 0 Å². The molecule has 146 valence electrons. The standard InChI is InChI=1S/C20H22F3NO3/c1-12(24-18(26)27-19(2,3)4)14-6-5-7-15(17(14)21)20(22,23)16(25)11-10-13-8-9-13/h5-7,12-13H,8-9H2,1-4H3,(H,24,26)/t12-/m1/s1. The van der Waals surface area contributed by atoms with E-state index in [1.165, 1.54) is 19.1 Å². The molecule has 0 aromatic heterocycles. The van der Waals surface area contributed by atoms with E-state index in [4.69, 9.17) is 4.74 Å². The molecule has 4 nitrogen and oxygen atoms in total. The summed E-state index contributed by atoms with van der Waals surface area (Å²) in [6, 6.07) is 2.37. The molecule has 1 amide bonds. The highest BCUT2D eigenvalue weighted by molar-refractivity contribution is 6.01. The van der Waals surface area contributed by atoms with E-state index in [0.717, 1.165) is 18.9 Å². The van der Waals surface area contributed by atoms with Crippen molar-refractivity contribution in [3.63, 3.8) is 0 Å². The number of rotatable bonds is 4. The van der Waals surface area contributed by atoms with Gasteiger partial charge in [-0.15, -0.1) is 0 Å². The highest BCUT2D eigenvalue weighted by Crippen LogP contribution is 2.34. The van der Waals surface area contributed by atoms with Gasteiger partial charge >= 0.3 is 12.0 Å². The second-order valence-corrected chi connectivity index (χ2v) is 7.52. The zero-order valence-corrected chi connectivity index (χ0v) is 15.7. The van der Waals surface area contributed by atoms with Crippen molar-refractivity contribution < 1.29 is 27.5 Å². The Morgan fingerprint density at radius 3 is 2.44 bits per heavy atom. The van der Waals surface area contributed by atoms with E-state index in [1.807, 2.05) is 5.92 Å². The number of ether oxygens (including phenoxy) is 1. The first-order valence-electron chi connectivity index (χ1n) is 8.64. The van der Waals surface area contributed by atoms with Gasteiger partial charge in [-0.3, -0.25) is 4.79 Å². The number of alkyl halides is 2. The number of benzene rings is 1. The van der Waals surface area contributed by atoms with Crippen LogP contribution in [0, 0.1) is 23.6 Å². The van der Waals surface area contributed by atoms with Crippen molar-refractivity contribution in [1.82, 2.24) is 5.32 Å². The van der Waals surface area contributed by atoms with Gasteiger partial charge in [0.05, 0.1) is 11.6 Å². The van der Waals surface area contributed by atoms with Crippen LogP contribution in [0.25, 0.3) is 0 Å². The summed E-state index contributed by atoms with van der Waals surface area (Å²) in [6.45, 7) is 6.41. The molecule has 1 aromatic carbocycles. The second kappa shape index (κ2) is 7.63. The fraction of sp³-hybridized carbons (Fsp3) is 0.500. The minimum atomic E-state index is -4.08. The molecule has 1 aliphatic carbocycles. The van der Waals surface area contributed by atoms with Crippen molar-refractivity contribution in [1.29, 1.82) is 0 Å². The Morgan fingerprint density at radius 2 is 1.89 bits per heavy atom. The fourth-order valence-corrected chi connectivity index (χ4v) is 2.28. The Morgan fingerprint density at radius 1 is 1.26 bits per heavy atom. The summed E-state index contributed by atoms with van der Waals surface area (Å²) in [7, 11) is 0. The molecule has 0 heterocycles. The number of hydrogen-bond acceptors (Lipinski definition) is 3. The summed E-state index contributed by atoms with van der Waals surface area (Å²) in [4.78, 5) is 23.6. The maximum Gasteiger partial charge on any atom is 0.408 e. The van der Waals surface area contributed by atoms with Crippen LogP contribution in [-0.2, 0) is 15.5 Å². The van der Waals surface area contributed by atoms with Crippen LogP contribution in [-0.4, -0.2) is 17.5 Å². The largest absolute Gasteiger partial charge is 0.444 e. The molecule has 1 N–H and O–H groups in total. The summed E-state index contributed by atoms with van der Waals surface area (Å²) >= 11 is 0. The molecular weight excluding hydrogens is 359 g/mol. The van der Waals surface area contributed by atoms with Gasteiger partial charge < -0.3 is 10.1 Å². The van der Waals surface area contributed by atoms with Crippen LogP contribution >= 0.6 is 0 Å². The van der Waals surface area contributed by atoms with Crippen LogP contribution < -0.4 is 5.32 Å². The predicted octanol–water partition coefficient (Wildman–Crippen LogP) is 4.49. The lowest BCUT2D eigenvalue weighted by Gasteiger charge is -2.23. The molecule has 0 unspecified atom stereocenters. The van der Waals surface area contributed by atoms with Gasteiger partial charge in [-0.2, -0.15) is 8.78 Å². The third-order valence-electron chi connectivity index (χ3n) is 3.82. The van der Waals surface area contributed by atoms with Crippen molar-refractivity contribution in [3.8, 4) is 11.8 Å². The first-order chi connectivity index (χ1) is 12.4. The van der Waals surface area contributed by atoms with Gasteiger partial charge in [-0.25, -0.2) is 9.18 Å². The Balaban J connectivity index is 2.22. The molecule has 0 radical (unpaired) electrons. The van der Waals surface area contributed by atoms with Crippen LogP contribution in [0.5, 0.6) is 0 Å². The van der Waals surface area contributed by atoms with Gasteiger partial charge in [0, 0.05) is 11.5 Å². The average molecular weight is 381 g/mol. The number of carbonyl (C=O) groups excluding carboxylic acids is 2. The molecular formula is C20H22F3NO3. The van der Waals surface area contributed by atoms with Crippen LogP contribution in [0.15, 0.2) is 18.2 Å². The first-order valence-corrected chi connectivity index (χ1v) is 8.64. The van der Waals surface area contributed by atoms with Crippen LogP contribution in [0.4, 0.5) is 18.0 Å². The quantitative estimate of drug-likeness (QED) is 0.618. The van der Waals surface area contributed by atoms with Crippen molar-refractivity contribution in [3.05, 3.63) is 35.1 Å². The Hall–Kier alpha value is -2.49. The van der Waals surface area contributed by atoms with Gasteiger partial charge in [0.2, 0.25) is 0 Å². The highest BCUT2D eigenvalue weighted by atomic mass is 19.3. The lowest BCUT2D eigenvalue weighted by molar-refractivity contribution is -0.138. The van der Waals surface area contributed by atoms with Crippen LogP contribution in [0.2, 0.25) is 0 Å². The molecule has 27 heavy (non-hydrogen) atoms. The Bertz CT molecular complexity index is 799. The summed E-state index contributed by atoms with van der Waals surface area (Å²) < 4.78 is 48.6. The lowest BCUT2D eigenvalue weighted by Crippen LogP contribution is -2.34. The SMILES string of the molecule is C[C@@H](NC(=O)OC(C)(C)C)c1cccc(C(F)(F)C(=O)C#CC2CC2)c1F. The van der Waals surface area contributed by atoms with Gasteiger partial charge in [-0.05, 0) is 52.5 Å². The first kappa shape index (κ1) is 20.8. The molecule has 1 atom stereocenters. The summed E-state index contributed by atoms with van der Waals surface area (Å²) in [5.74, 6) is -2.62.